The molecule has 4 aromatic rings. The van der Waals surface area contributed by atoms with Gasteiger partial charge in [0.2, 0.25) is 5.88 Å². The first kappa shape index (κ1) is 22.8. The van der Waals surface area contributed by atoms with Gasteiger partial charge in [0.25, 0.3) is 11.8 Å². The second-order valence-electron chi connectivity index (χ2n) is 7.83. The highest BCUT2D eigenvalue weighted by Crippen LogP contribution is 2.32. The largest absolute Gasteiger partial charge is 0.481 e. The Kier molecular flexibility index (Phi) is 6.17. The molecule has 2 amide bonds. The van der Waals surface area contributed by atoms with E-state index >= 15 is 0 Å². The number of ether oxygens (including phenoxy) is 1. The summed E-state index contributed by atoms with van der Waals surface area (Å²) in [5.74, 6) is -0.594. The number of oxazole rings is 1. The number of nitrogens with zero attached hydrogens (tertiary/aromatic N) is 4. The summed E-state index contributed by atoms with van der Waals surface area (Å²) in [7, 11) is 1.56. The average molecular weight is 463 g/mol. The zero-order valence-corrected chi connectivity index (χ0v) is 19.0. The number of rotatable bonds is 9. The minimum atomic E-state index is -0.661. The van der Waals surface area contributed by atoms with Crippen molar-refractivity contribution >= 4 is 23.0 Å². The van der Waals surface area contributed by atoms with Crippen LogP contribution in [0.1, 0.15) is 52.9 Å². The Morgan fingerprint density at radius 3 is 2.59 bits per heavy atom. The van der Waals surface area contributed by atoms with Crippen LogP contribution in [-0.4, -0.2) is 44.5 Å². The summed E-state index contributed by atoms with van der Waals surface area (Å²) in [6.07, 6.45) is 6.87. The highest BCUT2D eigenvalue weighted by atomic mass is 16.5. The minimum absolute atomic E-state index is 0.0640. The van der Waals surface area contributed by atoms with E-state index in [9.17, 15) is 9.59 Å². The van der Waals surface area contributed by atoms with Gasteiger partial charge in [-0.05, 0) is 25.5 Å². The lowest BCUT2D eigenvalue weighted by Crippen LogP contribution is -2.27. The maximum absolute atomic E-state index is 12.2. The Bertz CT molecular complexity index is 1340. The summed E-state index contributed by atoms with van der Waals surface area (Å²) in [6, 6.07) is 5.31. The molecule has 0 unspecified atom stereocenters. The first-order valence-electron chi connectivity index (χ1n) is 10.7. The van der Waals surface area contributed by atoms with E-state index in [0.29, 0.717) is 29.4 Å². The average Bonchev–Trinajstić information content (AvgIpc) is 3.47. The van der Waals surface area contributed by atoms with Crippen molar-refractivity contribution in [2.75, 3.05) is 12.4 Å². The van der Waals surface area contributed by atoms with Gasteiger partial charge in [-0.3, -0.25) is 9.59 Å². The van der Waals surface area contributed by atoms with Crippen molar-refractivity contribution in [1.29, 1.82) is 0 Å². The molecule has 0 aliphatic carbocycles. The number of hydrogen-bond donors (Lipinski definition) is 3. The Morgan fingerprint density at radius 2 is 2.00 bits per heavy atom. The molecule has 176 valence electrons. The second kappa shape index (κ2) is 9.22. The van der Waals surface area contributed by atoms with Gasteiger partial charge in [0, 0.05) is 35.6 Å². The zero-order valence-electron chi connectivity index (χ0n) is 19.0. The van der Waals surface area contributed by atoms with E-state index < -0.39 is 11.8 Å². The van der Waals surface area contributed by atoms with E-state index in [1.54, 1.807) is 23.9 Å². The number of pyridine rings is 1. The van der Waals surface area contributed by atoms with Crippen LogP contribution in [0.4, 0.5) is 5.69 Å². The SMILES string of the molecule is CC[C@@H](c1nc(C(N)=O)co1)[C@@H](C)Nc1c(C(N)=O)cnn2cc(-c3ccc(OC)nc3)cc12. The first-order chi connectivity index (χ1) is 16.3. The molecule has 0 aromatic carbocycles. The summed E-state index contributed by atoms with van der Waals surface area (Å²) in [5, 5.41) is 7.74. The fraction of sp³-hybridized carbons (Fsp3) is 0.261. The molecule has 0 radical (unpaired) electrons. The van der Waals surface area contributed by atoms with E-state index in [1.165, 1.54) is 12.5 Å². The number of primary amides is 2. The van der Waals surface area contributed by atoms with Crippen molar-refractivity contribution in [1.82, 2.24) is 19.6 Å². The number of fused-ring (bicyclic) bond motifs is 1. The van der Waals surface area contributed by atoms with Gasteiger partial charge in [-0.2, -0.15) is 5.10 Å². The van der Waals surface area contributed by atoms with Crippen LogP contribution in [-0.2, 0) is 0 Å². The first-order valence-corrected chi connectivity index (χ1v) is 10.7. The van der Waals surface area contributed by atoms with E-state index in [2.05, 4.69) is 20.4 Å². The van der Waals surface area contributed by atoms with Crippen LogP contribution in [0.2, 0.25) is 0 Å². The molecule has 0 saturated carbocycles. The third kappa shape index (κ3) is 4.27. The summed E-state index contributed by atoms with van der Waals surface area (Å²) in [6.45, 7) is 3.90. The van der Waals surface area contributed by atoms with Crippen molar-refractivity contribution in [3.63, 3.8) is 0 Å². The zero-order chi connectivity index (χ0) is 24.4. The second-order valence-corrected chi connectivity index (χ2v) is 7.83. The van der Waals surface area contributed by atoms with Crippen molar-refractivity contribution in [2.45, 2.75) is 32.2 Å². The van der Waals surface area contributed by atoms with Gasteiger partial charge < -0.3 is 25.9 Å². The molecule has 4 aromatic heterocycles. The molecule has 0 bridgehead atoms. The molecule has 4 heterocycles. The predicted octanol–water partition coefficient (Wildman–Crippen LogP) is 2.58. The lowest BCUT2D eigenvalue weighted by molar-refractivity contribution is 0.0989. The molecule has 0 fully saturated rings. The Balaban J connectivity index is 1.72. The van der Waals surface area contributed by atoms with Crippen LogP contribution in [0.5, 0.6) is 5.88 Å². The third-order valence-electron chi connectivity index (χ3n) is 5.69. The van der Waals surface area contributed by atoms with Crippen LogP contribution in [0.15, 0.2) is 47.5 Å². The summed E-state index contributed by atoms with van der Waals surface area (Å²) in [5.41, 5.74) is 14.2. The minimum Gasteiger partial charge on any atom is -0.481 e. The number of amides is 2. The van der Waals surface area contributed by atoms with E-state index in [-0.39, 0.29) is 23.2 Å². The number of hydrogen-bond acceptors (Lipinski definition) is 8. The molecule has 2 atom stereocenters. The van der Waals surface area contributed by atoms with Gasteiger partial charge in [0.1, 0.15) is 6.26 Å². The predicted molar refractivity (Wildman–Crippen MR) is 125 cm³/mol. The van der Waals surface area contributed by atoms with Crippen LogP contribution in [0, 0.1) is 0 Å². The highest BCUT2D eigenvalue weighted by Gasteiger charge is 2.26. The number of nitrogens with two attached hydrogens (primary N) is 2. The summed E-state index contributed by atoms with van der Waals surface area (Å²) >= 11 is 0. The van der Waals surface area contributed by atoms with Crippen LogP contribution >= 0.6 is 0 Å². The normalized spacial score (nSPS) is 12.9. The number of carbonyl (C=O) groups is 2. The molecule has 0 spiro atoms. The van der Waals surface area contributed by atoms with Crippen LogP contribution < -0.4 is 21.5 Å². The molecule has 0 saturated heterocycles. The van der Waals surface area contributed by atoms with E-state index in [1.807, 2.05) is 32.2 Å². The van der Waals surface area contributed by atoms with Crippen LogP contribution in [0.25, 0.3) is 16.6 Å². The molecule has 11 nitrogen and oxygen atoms in total. The smallest absolute Gasteiger partial charge is 0.270 e. The number of anilines is 1. The van der Waals surface area contributed by atoms with E-state index in [0.717, 1.165) is 11.1 Å². The number of aromatic nitrogens is 4. The number of methoxy groups -OCH3 is 1. The molecular weight excluding hydrogens is 438 g/mol. The van der Waals surface area contributed by atoms with Gasteiger partial charge in [-0.15, -0.1) is 0 Å². The van der Waals surface area contributed by atoms with Crippen molar-refractivity contribution in [3.8, 4) is 17.0 Å². The fourth-order valence-electron chi connectivity index (χ4n) is 3.87. The molecule has 11 heteroatoms. The highest BCUT2D eigenvalue weighted by molar-refractivity contribution is 6.02. The fourth-order valence-corrected chi connectivity index (χ4v) is 3.87. The maximum Gasteiger partial charge on any atom is 0.270 e. The topological polar surface area (TPSA) is 164 Å². The van der Waals surface area contributed by atoms with Crippen molar-refractivity contribution in [3.05, 3.63) is 60.2 Å². The molecule has 5 N–H and O–H groups in total. The van der Waals surface area contributed by atoms with Gasteiger partial charge >= 0.3 is 0 Å². The summed E-state index contributed by atoms with van der Waals surface area (Å²) in [4.78, 5) is 32.1. The van der Waals surface area contributed by atoms with Gasteiger partial charge in [-0.1, -0.05) is 6.92 Å². The Hall–Kier alpha value is -4.41. The quantitative estimate of drug-likeness (QED) is 0.341. The van der Waals surface area contributed by atoms with Gasteiger partial charge in [0.05, 0.1) is 36.0 Å². The monoisotopic (exact) mass is 463 g/mol. The van der Waals surface area contributed by atoms with Crippen LogP contribution in [0.3, 0.4) is 0 Å². The molecule has 0 aliphatic rings. The third-order valence-corrected chi connectivity index (χ3v) is 5.69. The maximum atomic E-state index is 12.2. The Morgan fingerprint density at radius 1 is 1.21 bits per heavy atom. The van der Waals surface area contributed by atoms with Crippen molar-refractivity contribution in [2.24, 2.45) is 11.5 Å². The molecule has 0 aliphatic heterocycles. The molecular formula is C23H25N7O4. The van der Waals surface area contributed by atoms with E-state index in [4.69, 9.17) is 20.6 Å². The molecule has 4 rings (SSSR count). The number of nitrogens with one attached hydrogen (secondary N) is 1. The van der Waals surface area contributed by atoms with Crippen molar-refractivity contribution < 1.29 is 18.7 Å². The van der Waals surface area contributed by atoms with Gasteiger partial charge in [-0.25, -0.2) is 14.5 Å². The number of carbonyl (C=O) groups excluding carboxylic acids is 2. The standard InChI is InChI=1S/C23H25N7O4/c1-4-15(23-29-17(11-34-23)22(25)32)12(2)28-20-16(21(24)31)9-27-30-10-14(7-18(20)30)13-5-6-19(33-3)26-8-13/h5-12,15,28H,4H2,1-3H3,(H2,24,31)(H2,25,32)/t12-,15-/m1/s1. The summed E-state index contributed by atoms with van der Waals surface area (Å²) < 4.78 is 12.3. The molecule has 34 heavy (non-hydrogen) atoms. The van der Waals surface area contributed by atoms with Gasteiger partial charge in [0.15, 0.2) is 11.6 Å². The lowest BCUT2D eigenvalue weighted by Gasteiger charge is -2.23. The lowest BCUT2D eigenvalue weighted by atomic mass is 9.97. The Labute approximate surface area is 195 Å².